The summed E-state index contributed by atoms with van der Waals surface area (Å²) in [5, 5.41) is 21.1. The fraction of sp³-hybridized carbons (Fsp3) is 0.700. The van der Waals surface area contributed by atoms with E-state index >= 15 is 0 Å². The summed E-state index contributed by atoms with van der Waals surface area (Å²) in [4.78, 5) is 25.0. The topological polar surface area (TPSA) is 83.8 Å². The lowest BCUT2D eigenvalue weighted by molar-refractivity contribution is -0.161. The van der Waals surface area contributed by atoms with Gasteiger partial charge in [-0.1, -0.05) is 18.2 Å². The third-order valence-corrected chi connectivity index (χ3v) is 5.75. The number of fused-ring (bicyclic) bond motifs is 3. The molecule has 0 unspecified atom stereocenters. The van der Waals surface area contributed by atoms with Gasteiger partial charge in [-0.3, -0.25) is 4.79 Å². The Morgan fingerprint density at radius 3 is 2.60 bits per heavy atom. The largest absolute Gasteiger partial charge is 0.448 e. The predicted octanol–water partition coefficient (Wildman–Crippen LogP) is 2.85. The molecule has 0 aromatic heterocycles. The van der Waals surface area contributed by atoms with Crippen molar-refractivity contribution in [3.05, 3.63) is 23.8 Å². The summed E-state index contributed by atoms with van der Waals surface area (Å²) in [6.07, 6.45) is 4.15. The molecule has 1 saturated heterocycles. The van der Waals surface area contributed by atoms with Crippen LogP contribution in [0.25, 0.3) is 0 Å². The average Bonchev–Trinajstić information content (AvgIpc) is 2.64. The summed E-state index contributed by atoms with van der Waals surface area (Å²) in [5.74, 6) is -0.956. The Hall–Kier alpha value is -1.46. The van der Waals surface area contributed by atoms with Crippen LogP contribution < -0.4 is 0 Å². The van der Waals surface area contributed by atoms with Crippen molar-refractivity contribution < 1.29 is 24.5 Å². The lowest BCUT2D eigenvalue weighted by Crippen LogP contribution is -2.40. The second-order valence-corrected chi connectivity index (χ2v) is 8.00. The van der Waals surface area contributed by atoms with Crippen molar-refractivity contribution in [1.82, 2.24) is 0 Å². The first-order valence-corrected chi connectivity index (χ1v) is 9.07. The van der Waals surface area contributed by atoms with Crippen molar-refractivity contribution in [3.8, 4) is 0 Å². The van der Waals surface area contributed by atoms with E-state index in [4.69, 9.17) is 4.74 Å². The molecule has 2 rings (SSSR count). The smallest absolute Gasteiger partial charge is 0.334 e. The highest BCUT2D eigenvalue weighted by Gasteiger charge is 2.43. The standard InChI is InChI=1S/C20H30O5/c1-13-6-5-10-19(3,24)17(22)12-15-9-11-20(4,16(21)8-7-13)25-18(23)14(15)2/h6,15,17,22,24H,2,5,7-12H2,1,3-4H3/b13-6+/t15-,17+,19-,20-/m1/s1. The molecule has 1 fully saturated rings. The minimum absolute atomic E-state index is 0.0772. The fourth-order valence-electron chi connectivity index (χ4n) is 3.55. The predicted molar refractivity (Wildman–Crippen MR) is 94.8 cm³/mol. The Bertz CT molecular complexity index is 589. The van der Waals surface area contributed by atoms with E-state index in [-0.39, 0.29) is 23.7 Å². The van der Waals surface area contributed by atoms with Gasteiger partial charge in [-0.15, -0.1) is 0 Å². The molecular formula is C20H30O5. The van der Waals surface area contributed by atoms with Crippen molar-refractivity contribution in [2.24, 2.45) is 5.92 Å². The molecule has 140 valence electrons. The van der Waals surface area contributed by atoms with E-state index in [1.165, 1.54) is 0 Å². The number of ketones is 1. The van der Waals surface area contributed by atoms with Crippen LogP contribution in [0.15, 0.2) is 23.8 Å². The van der Waals surface area contributed by atoms with Crippen molar-refractivity contribution in [2.75, 3.05) is 0 Å². The molecule has 2 N–H and O–H groups in total. The molecule has 1 aliphatic heterocycles. The van der Waals surface area contributed by atoms with E-state index in [0.29, 0.717) is 38.5 Å². The molecular weight excluding hydrogens is 320 g/mol. The van der Waals surface area contributed by atoms with Gasteiger partial charge in [0.25, 0.3) is 0 Å². The van der Waals surface area contributed by atoms with Crippen molar-refractivity contribution in [2.45, 2.75) is 83.0 Å². The summed E-state index contributed by atoms with van der Waals surface area (Å²) in [6.45, 7) is 9.06. The number of Topliss-reactive ketones (excluding diaryl/α,β-unsaturated/α-hetero) is 1. The van der Waals surface area contributed by atoms with Gasteiger partial charge in [-0.25, -0.2) is 4.79 Å². The lowest BCUT2D eigenvalue weighted by Gasteiger charge is -2.31. The van der Waals surface area contributed by atoms with Crippen LogP contribution in [0.5, 0.6) is 0 Å². The number of carbonyl (C=O) groups excluding carboxylic acids is 2. The van der Waals surface area contributed by atoms with Gasteiger partial charge in [0.2, 0.25) is 0 Å². The SMILES string of the molecule is C=C1C(=O)O[C@]2(C)CC[C@@H]1C[C@H](O)[C@](C)(O)CC/C=C(\C)CCC2=O. The van der Waals surface area contributed by atoms with Gasteiger partial charge in [0.15, 0.2) is 11.4 Å². The number of hydrogen-bond donors (Lipinski definition) is 2. The molecule has 25 heavy (non-hydrogen) atoms. The first-order chi connectivity index (χ1) is 11.5. The first kappa shape index (κ1) is 19.9. The first-order valence-electron chi connectivity index (χ1n) is 9.07. The highest BCUT2D eigenvalue weighted by atomic mass is 16.6. The molecule has 0 radical (unpaired) electrons. The summed E-state index contributed by atoms with van der Waals surface area (Å²) >= 11 is 0. The Labute approximate surface area is 149 Å². The number of esters is 1. The van der Waals surface area contributed by atoms with Crippen molar-refractivity contribution >= 4 is 11.8 Å². The zero-order chi connectivity index (χ0) is 18.8. The van der Waals surface area contributed by atoms with Gasteiger partial charge in [-0.05, 0) is 65.2 Å². The number of aliphatic hydroxyl groups excluding tert-OH is 1. The third kappa shape index (κ3) is 4.59. The van der Waals surface area contributed by atoms with Crippen LogP contribution in [0.1, 0.15) is 65.7 Å². The number of aliphatic hydroxyl groups is 2. The molecule has 5 nitrogen and oxygen atoms in total. The molecule has 1 heterocycles. The van der Waals surface area contributed by atoms with Gasteiger partial charge in [-0.2, -0.15) is 0 Å². The molecule has 0 saturated carbocycles. The molecule has 2 bridgehead atoms. The van der Waals surface area contributed by atoms with Gasteiger partial charge >= 0.3 is 5.97 Å². The van der Waals surface area contributed by atoms with Gasteiger partial charge in [0, 0.05) is 12.0 Å². The third-order valence-electron chi connectivity index (χ3n) is 5.75. The van der Waals surface area contributed by atoms with Crippen LogP contribution >= 0.6 is 0 Å². The van der Waals surface area contributed by atoms with E-state index in [1.807, 2.05) is 13.0 Å². The van der Waals surface area contributed by atoms with Crippen LogP contribution in [0.2, 0.25) is 0 Å². The maximum absolute atomic E-state index is 12.7. The maximum Gasteiger partial charge on any atom is 0.334 e. The van der Waals surface area contributed by atoms with E-state index < -0.39 is 23.3 Å². The Kier molecular flexibility index (Phi) is 5.89. The Morgan fingerprint density at radius 1 is 1.24 bits per heavy atom. The Balaban J connectivity index is 2.34. The molecule has 5 heteroatoms. The number of allylic oxidation sites excluding steroid dienone is 2. The van der Waals surface area contributed by atoms with Crippen molar-refractivity contribution in [1.29, 1.82) is 0 Å². The quantitative estimate of drug-likeness (QED) is 0.399. The molecule has 4 atom stereocenters. The number of ether oxygens (including phenoxy) is 1. The maximum atomic E-state index is 12.7. The number of carbonyl (C=O) groups is 2. The normalized spacial score (nSPS) is 40.7. The second kappa shape index (κ2) is 7.42. The van der Waals surface area contributed by atoms with Crippen LogP contribution in [0.4, 0.5) is 0 Å². The molecule has 0 amide bonds. The van der Waals surface area contributed by atoms with Crippen LogP contribution in [-0.4, -0.2) is 39.3 Å². The zero-order valence-electron chi connectivity index (χ0n) is 15.5. The minimum atomic E-state index is -1.24. The van der Waals surface area contributed by atoms with E-state index in [0.717, 1.165) is 5.57 Å². The number of rotatable bonds is 0. The highest BCUT2D eigenvalue weighted by molar-refractivity contribution is 5.94. The molecule has 0 aromatic carbocycles. The van der Waals surface area contributed by atoms with E-state index in [1.54, 1.807) is 13.8 Å². The second-order valence-electron chi connectivity index (χ2n) is 8.00. The average molecular weight is 350 g/mol. The van der Waals surface area contributed by atoms with Crippen molar-refractivity contribution in [3.63, 3.8) is 0 Å². The molecule has 1 aliphatic carbocycles. The summed E-state index contributed by atoms with van der Waals surface area (Å²) in [7, 11) is 0. The summed E-state index contributed by atoms with van der Waals surface area (Å²) in [6, 6.07) is 0. The molecule has 0 aromatic rings. The van der Waals surface area contributed by atoms with E-state index in [9.17, 15) is 19.8 Å². The van der Waals surface area contributed by atoms with Gasteiger partial charge < -0.3 is 14.9 Å². The lowest BCUT2D eigenvalue weighted by atomic mass is 9.80. The minimum Gasteiger partial charge on any atom is -0.448 e. The fourth-order valence-corrected chi connectivity index (χ4v) is 3.55. The van der Waals surface area contributed by atoms with Crippen LogP contribution in [0, 0.1) is 5.92 Å². The zero-order valence-corrected chi connectivity index (χ0v) is 15.5. The van der Waals surface area contributed by atoms with Gasteiger partial charge in [0.05, 0.1) is 11.7 Å². The van der Waals surface area contributed by atoms with Crippen LogP contribution in [-0.2, 0) is 14.3 Å². The summed E-state index contributed by atoms with van der Waals surface area (Å²) in [5.41, 5.74) is -1.06. The van der Waals surface area contributed by atoms with Crippen LogP contribution in [0.3, 0.4) is 0 Å². The highest BCUT2D eigenvalue weighted by Crippen LogP contribution is 2.36. The summed E-state index contributed by atoms with van der Waals surface area (Å²) < 4.78 is 5.50. The monoisotopic (exact) mass is 350 g/mol. The van der Waals surface area contributed by atoms with E-state index in [2.05, 4.69) is 6.58 Å². The Morgan fingerprint density at radius 2 is 1.92 bits per heavy atom. The number of hydrogen-bond acceptors (Lipinski definition) is 5. The molecule has 2 aliphatic rings. The van der Waals surface area contributed by atoms with Gasteiger partial charge in [0.1, 0.15) is 0 Å². The molecule has 0 spiro atoms.